The van der Waals surface area contributed by atoms with Gasteiger partial charge >= 0.3 is 0 Å². The Hall–Kier alpha value is -2.47. The van der Waals surface area contributed by atoms with Crippen molar-refractivity contribution in [2.24, 2.45) is 0 Å². The van der Waals surface area contributed by atoms with E-state index in [1.165, 1.54) is 12.1 Å². The minimum absolute atomic E-state index is 0.298. The van der Waals surface area contributed by atoms with Gasteiger partial charge in [-0.05, 0) is 49.7 Å². The molecule has 0 unspecified atom stereocenters. The fourth-order valence-electron chi connectivity index (χ4n) is 2.23. The van der Waals surface area contributed by atoms with Crippen molar-refractivity contribution in [1.82, 2.24) is 9.97 Å². The molecule has 0 bridgehead atoms. The van der Waals surface area contributed by atoms with Gasteiger partial charge in [-0.1, -0.05) is 28.1 Å². The molecular formula is C18H16BrFN4. The zero-order valence-electron chi connectivity index (χ0n) is 13.3. The van der Waals surface area contributed by atoms with Gasteiger partial charge in [-0.25, -0.2) is 14.4 Å². The SMILES string of the molecule is Cc1nc(Nc2cccc(F)c2)cc(Nc2ccc(C)c(Br)c2)n1. The summed E-state index contributed by atoms with van der Waals surface area (Å²) in [5.41, 5.74) is 2.72. The molecule has 3 rings (SSSR count). The van der Waals surface area contributed by atoms with Crippen molar-refractivity contribution in [2.75, 3.05) is 10.6 Å². The monoisotopic (exact) mass is 386 g/mol. The molecule has 6 heteroatoms. The van der Waals surface area contributed by atoms with Crippen molar-refractivity contribution in [1.29, 1.82) is 0 Å². The smallest absolute Gasteiger partial charge is 0.136 e. The van der Waals surface area contributed by atoms with E-state index in [-0.39, 0.29) is 5.82 Å². The van der Waals surface area contributed by atoms with Gasteiger partial charge in [0.2, 0.25) is 0 Å². The van der Waals surface area contributed by atoms with Crippen LogP contribution in [0.3, 0.4) is 0 Å². The Labute approximate surface area is 148 Å². The van der Waals surface area contributed by atoms with E-state index in [9.17, 15) is 4.39 Å². The van der Waals surface area contributed by atoms with E-state index < -0.39 is 0 Å². The van der Waals surface area contributed by atoms with Gasteiger partial charge in [-0.3, -0.25) is 0 Å². The van der Waals surface area contributed by atoms with E-state index >= 15 is 0 Å². The van der Waals surface area contributed by atoms with E-state index in [0.717, 1.165) is 15.7 Å². The molecule has 0 fully saturated rings. The van der Waals surface area contributed by atoms with Crippen molar-refractivity contribution in [3.63, 3.8) is 0 Å². The van der Waals surface area contributed by atoms with Crippen molar-refractivity contribution in [3.8, 4) is 0 Å². The molecule has 122 valence electrons. The lowest BCUT2D eigenvalue weighted by molar-refractivity contribution is 0.628. The number of rotatable bonds is 4. The fourth-order valence-corrected chi connectivity index (χ4v) is 2.61. The van der Waals surface area contributed by atoms with Gasteiger partial charge in [0.15, 0.2) is 0 Å². The molecule has 1 aromatic heterocycles. The maximum atomic E-state index is 13.3. The topological polar surface area (TPSA) is 49.8 Å². The first-order valence-corrected chi connectivity index (χ1v) is 8.20. The largest absolute Gasteiger partial charge is 0.340 e. The van der Waals surface area contributed by atoms with Gasteiger partial charge in [-0.2, -0.15) is 0 Å². The van der Waals surface area contributed by atoms with Crippen molar-refractivity contribution >= 4 is 38.9 Å². The van der Waals surface area contributed by atoms with Gasteiger partial charge in [-0.15, -0.1) is 0 Å². The Morgan fingerprint density at radius 1 is 0.875 bits per heavy atom. The van der Waals surface area contributed by atoms with Crippen LogP contribution in [0.1, 0.15) is 11.4 Å². The number of aryl methyl sites for hydroxylation is 2. The predicted octanol–water partition coefficient (Wildman–Crippen LogP) is 5.48. The first-order valence-electron chi connectivity index (χ1n) is 7.41. The van der Waals surface area contributed by atoms with Crippen LogP contribution in [-0.4, -0.2) is 9.97 Å². The van der Waals surface area contributed by atoms with Crippen LogP contribution in [0.4, 0.5) is 27.4 Å². The van der Waals surface area contributed by atoms with Gasteiger partial charge in [0, 0.05) is 21.9 Å². The zero-order valence-corrected chi connectivity index (χ0v) is 14.9. The molecule has 0 aliphatic heterocycles. The van der Waals surface area contributed by atoms with Crippen LogP contribution in [0.25, 0.3) is 0 Å². The minimum atomic E-state index is -0.298. The number of benzene rings is 2. The highest BCUT2D eigenvalue weighted by Gasteiger charge is 2.05. The molecule has 24 heavy (non-hydrogen) atoms. The fraction of sp³-hybridized carbons (Fsp3) is 0.111. The second kappa shape index (κ2) is 6.97. The number of nitrogens with one attached hydrogen (secondary N) is 2. The minimum Gasteiger partial charge on any atom is -0.340 e. The maximum absolute atomic E-state index is 13.3. The van der Waals surface area contributed by atoms with Crippen LogP contribution in [0.2, 0.25) is 0 Å². The zero-order chi connectivity index (χ0) is 17.1. The first kappa shape index (κ1) is 16.4. The molecule has 0 aliphatic carbocycles. The predicted molar refractivity (Wildman–Crippen MR) is 98.6 cm³/mol. The normalized spacial score (nSPS) is 10.5. The van der Waals surface area contributed by atoms with Gasteiger partial charge < -0.3 is 10.6 Å². The average Bonchev–Trinajstić information content (AvgIpc) is 2.50. The van der Waals surface area contributed by atoms with Crippen LogP contribution in [-0.2, 0) is 0 Å². The molecule has 0 radical (unpaired) electrons. The number of halogens is 2. The number of aromatic nitrogens is 2. The summed E-state index contributed by atoms with van der Waals surface area (Å²) in [5.74, 6) is 1.58. The Kier molecular flexibility index (Phi) is 4.76. The van der Waals surface area contributed by atoms with Crippen LogP contribution in [0, 0.1) is 19.7 Å². The summed E-state index contributed by atoms with van der Waals surface area (Å²) >= 11 is 3.52. The highest BCUT2D eigenvalue weighted by molar-refractivity contribution is 9.10. The van der Waals surface area contributed by atoms with Gasteiger partial charge in [0.05, 0.1) is 0 Å². The molecule has 0 saturated carbocycles. The molecule has 4 nitrogen and oxygen atoms in total. The van der Waals surface area contributed by atoms with Crippen molar-refractivity contribution < 1.29 is 4.39 Å². The van der Waals surface area contributed by atoms with Gasteiger partial charge in [0.1, 0.15) is 23.3 Å². The highest BCUT2D eigenvalue weighted by Crippen LogP contribution is 2.24. The summed E-state index contributed by atoms with van der Waals surface area (Å²) in [6, 6.07) is 14.0. The molecule has 0 atom stereocenters. The third-order valence-corrected chi connectivity index (χ3v) is 4.23. The molecule has 0 spiro atoms. The lowest BCUT2D eigenvalue weighted by Crippen LogP contribution is -2.01. The summed E-state index contributed by atoms with van der Waals surface area (Å²) in [6.07, 6.45) is 0. The van der Waals surface area contributed by atoms with Crippen molar-refractivity contribution in [2.45, 2.75) is 13.8 Å². The Morgan fingerprint density at radius 2 is 1.54 bits per heavy atom. The molecule has 1 heterocycles. The average molecular weight is 387 g/mol. The second-order valence-corrected chi connectivity index (χ2v) is 6.26. The van der Waals surface area contributed by atoms with E-state index in [2.05, 4.69) is 36.5 Å². The lowest BCUT2D eigenvalue weighted by Gasteiger charge is -2.11. The molecule has 0 amide bonds. The van der Waals surface area contributed by atoms with Gasteiger partial charge in [0.25, 0.3) is 0 Å². The molecule has 0 aliphatic rings. The standard InChI is InChI=1S/C18H16BrFN4/c1-11-6-7-15(9-16(11)19)24-18-10-17(21-12(2)22-18)23-14-5-3-4-13(20)8-14/h3-10H,1-2H3,(H2,21,22,23,24). The number of anilines is 4. The summed E-state index contributed by atoms with van der Waals surface area (Å²) in [6.45, 7) is 3.84. The number of hydrogen-bond donors (Lipinski definition) is 2. The quantitative estimate of drug-likeness (QED) is 0.622. The van der Waals surface area contributed by atoms with E-state index in [1.54, 1.807) is 18.2 Å². The summed E-state index contributed by atoms with van der Waals surface area (Å²) in [4.78, 5) is 8.73. The third-order valence-electron chi connectivity index (χ3n) is 3.38. The van der Waals surface area contributed by atoms with Crippen LogP contribution < -0.4 is 10.6 Å². The maximum Gasteiger partial charge on any atom is 0.136 e. The Bertz CT molecular complexity index is 883. The number of hydrogen-bond acceptors (Lipinski definition) is 4. The van der Waals surface area contributed by atoms with Crippen LogP contribution in [0.5, 0.6) is 0 Å². The molecule has 2 aromatic carbocycles. The van der Waals surface area contributed by atoms with E-state index in [0.29, 0.717) is 23.1 Å². The molecular weight excluding hydrogens is 371 g/mol. The van der Waals surface area contributed by atoms with E-state index in [4.69, 9.17) is 0 Å². The Morgan fingerprint density at radius 3 is 2.17 bits per heavy atom. The van der Waals surface area contributed by atoms with Crippen LogP contribution >= 0.6 is 15.9 Å². The summed E-state index contributed by atoms with van der Waals surface area (Å²) in [5, 5.41) is 6.35. The summed E-state index contributed by atoms with van der Waals surface area (Å²) < 4.78 is 14.3. The molecule has 3 aromatic rings. The Balaban J connectivity index is 1.84. The summed E-state index contributed by atoms with van der Waals surface area (Å²) in [7, 11) is 0. The molecule has 2 N–H and O–H groups in total. The third kappa shape index (κ3) is 4.08. The number of nitrogens with zero attached hydrogens (tertiary/aromatic N) is 2. The second-order valence-electron chi connectivity index (χ2n) is 5.41. The van der Waals surface area contributed by atoms with Crippen LogP contribution in [0.15, 0.2) is 53.0 Å². The lowest BCUT2D eigenvalue weighted by atomic mass is 10.2. The molecule has 0 saturated heterocycles. The van der Waals surface area contributed by atoms with E-state index in [1.807, 2.05) is 32.0 Å². The first-order chi connectivity index (χ1) is 11.5. The van der Waals surface area contributed by atoms with Crippen molar-refractivity contribution in [3.05, 3.63) is 70.2 Å². The highest BCUT2D eigenvalue weighted by atomic mass is 79.9.